The molecule has 1 atom stereocenters. The van der Waals surface area contributed by atoms with Gasteiger partial charge in [0.05, 0.1) is 18.8 Å². The smallest absolute Gasteiger partial charge is 0.213 e. The number of rotatable bonds is 4. The molecular weight excluding hydrogens is 294 g/mol. The first-order valence-corrected chi connectivity index (χ1v) is 7.70. The van der Waals surface area contributed by atoms with Crippen LogP contribution in [0, 0.1) is 6.92 Å². The van der Waals surface area contributed by atoms with Gasteiger partial charge in [0.1, 0.15) is 6.10 Å². The van der Waals surface area contributed by atoms with E-state index in [1.54, 1.807) is 13.2 Å². The summed E-state index contributed by atoms with van der Waals surface area (Å²) in [5.41, 5.74) is 0.877. The summed E-state index contributed by atoms with van der Waals surface area (Å²) in [7, 11) is 1.78. The molecule has 0 amide bonds. The number of aliphatic imine (C=N–C) groups is 1. The lowest BCUT2D eigenvalue weighted by Crippen LogP contribution is -2.40. The highest BCUT2D eigenvalue weighted by Gasteiger charge is 2.26. The summed E-state index contributed by atoms with van der Waals surface area (Å²) in [4.78, 5) is 10.7. The average molecular weight is 315 g/mol. The van der Waals surface area contributed by atoms with Crippen molar-refractivity contribution in [1.29, 1.82) is 0 Å². The van der Waals surface area contributed by atoms with Gasteiger partial charge in [-0.15, -0.1) is 0 Å². The SMILES string of the molecule is CN=C(NCc1cc(C)no1)N1CCC(Oc2ccccn2)C1. The number of ether oxygens (including phenoxy) is 1. The minimum Gasteiger partial charge on any atom is -0.472 e. The average Bonchev–Trinajstić information content (AvgIpc) is 3.19. The standard InChI is InChI=1S/C16H21N5O2/c1-12-9-14(23-20-12)10-19-16(17-2)21-8-6-13(11-21)22-15-5-3-4-7-18-15/h3-5,7,9,13H,6,8,10-11H2,1-2H3,(H,17,19). The van der Waals surface area contributed by atoms with Crippen molar-refractivity contribution in [3.63, 3.8) is 0 Å². The van der Waals surface area contributed by atoms with Gasteiger partial charge in [-0.1, -0.05) is 11.2 Å². The Bertz CT molecular complexity index is 656. The van der Waals surface area contributed by atoms with Crippen LogP contribution in [0.25, 0.3) is 0 Å². The summed E-state index contributed by atoms with van der Waals surface area (Å²) < 4.78 is 11.1. The number of aryl methyl sites for hydroxylation is 1. The summed E-state index contributed by atoms with van der Waals surface area (Å²) in [6.07, 6.45) is 2.80. The maximum absolute atomic E-state index is 5.90. The molecule has 122 valence electrons. The fourth-order valence-electron chi connectivity index (χ4n) is 2.60. The third-order valence-electron chi connectivity index (χ3n) is 3.68. The molecule has 7 heteroatoms. The number of nitrogens with one attached hydrogen (secondary N) is 1. The summed E-state index contributed by atoms with van der Waals surface area (Å²) in [6, 6.07) is 7.60. The molecule has 7 nitrogen and oxygen atoms in total. The van der Waals surface area contributed by atoms with Gasteiger partial charge in [-0.25, -0.2) is 4.98 Å². The Morgan fingerprint density at radius 3 is 3.13 bits per heavy atom. The highest BCUT2D eigenvalue weighted by atomic mass is 16.5. The van der Waals surface area contributed by atoms with Gasteiger partial charge < -0.3 is 19.5 Å². The molecule has 1 aliphatic heterocycles. The van der Waals surface area contributed by atoms with Gasteiger partial charge in [-0.3, -0.25) is 4.99 Å². The Morgan fingerprint density at radius 1 is 1.52 bits per heavy atom. The number of guanidine groups is 1. The second-order valence-corrected chi connectivity index (χ2v) is 5.48. The Morgan fingerprint density at radius 2 is 2.43 bits per heavy atom. The predicted molar refractivity (Wildman–Crippen MR) is 86.3 cm³/mol. The number of likely N-dealkylation sites (tertiary alicyclic amines) is 1. The Balaban J connectivity index is 1.52. The zero-order chi connectivity index (χ0) is 16.1. The molecule has 1 unspecified atom stereocenters. The summed E-state index contributed by atoms with van der Waals surface area (Å²) in [5.74, 6) is 2.30. The van der Waals surface area contributed by atoms with Crippen molar-refractivity contribution in [3.05, 3.63) is 41.9 Å². The predicted octanol–water partition coefficient (Wildman–Crippen LogP) is 1.61. The van der Waals surface area contributed by atoms with Crippen LogP contribution in [0.2, 0.25) is 0 Å². The molecule has 23 heavy (non-hydrogen) atoms. The molecule has 0 spiro atoms. The minimum absolute atomic E-state index is 0.121. The first-order chi connectivity index (χ1) is 11.2. The largest absolute Gasteiger partial charge is 0.472 e. The quantitative estimate of drug-likeness (QED) is 0.682. The van der Waals surface area contributed by atoms with E-state index < -0.39 is 0 Å². The molecule has 1 saturated heterocycles. The fraction of sp³-hybridized carbons (Fsp3) is 0.438. The van der Waals surface area contributed by atoms with E-state index in [9.17, 15) is 0 Å². The van der Waals surface area contributed by atoms with Crippen molar-refractivity contribution in [2.45, 2.75) is 26.0 Å². The molecule has 2 aromatic rings. The zero-order valence-electron chi connectivity index (χ0n) is 13.4. The summed E-state index contributed by atoms with van der Waals surface area (Å²) in [6.45, 7) is 4.15. The van der Waals surface area contributed by atoms with E-state index in [-0.39, 0.29) is 6.10 Å². The maximum atomic E-state index is 5.90. The molecule has 1 aliphatic rings. The summed E-state index contributed by atoms with van der Waals surface area (Å²) >= 11 is 0. The molecule has 0 aromatic carbocycles. The van der Waals surface area contributed by atoms with Crippen LogP contribution in [0.4, 0.5) is 0 Å². The lowest BCUT2D eigenvalue weighted by molar-refractivity contribution is 0.205. The van der Waals surface area contributed by atoms with Gasteiger partial charge in [0, 0.05) is 38.3 Å². The number of aromatic nitrogens is 2. The fourth-order valence-corrected chi connectivity index (χ4v) is 2.60. The van der Waals surface area contributed by atoms with Crippen LogP contribution in [0.5, 0.6) is 5.88 Å². The van der Waals surface area contributed by atoms with Crippen molar-refractivity contribution >= 4 is 5.96 Å². The van der Waals surface area contributed by atoms with E-state index in [1.165, 1.54) is 0 Å². The molecular formula is C16H21N5O2. The van der Waals surface area contributed by atoms with Crippen LogP contribution in [0.1, 0.15) is 17.9 Å². The number of pyridine rings is 1. The lowest BCUT2D eigenvalue weighted by atomic mass is 10.3. The van der Waals surface area contributed by atoms with Gasteiger partial charge in [0.15, 0.2) is 11.7 Å². The molecule has 0 saturated carbocycles. The van der Waals surface area contributed by atoms with Crippen LogP contribution < -0.4 is 10.1 Å². The molecule has 0 bridgehead atoms. The zero-order valence-corrected chi connectivity index (χ0v) is 13.4. The van der Waals surface area contributed by atoms with Crippen molar-refractivity contribution < 1.29 is 9.26 Å². The Hall–Kier alpha value is -2.57. The van der Waals surface area contributed by atoms with Crippen molar-refractivity contribution in [2.24, 2.45) is 4.99 Å². The van der Waals surface area contributed by atoms with Crippen LogP contribution in [-0.2, 0) is 6.54 Å². The van der Waals surface area contributed by atoms with Crippen LogP contribution >= 0.6 is 0 Å². The van der Waals surface area contributed by atoms with E-state index in [2.05, 4.69) is 25.3 Å². The first kappa shape index (κ1) is 15.3. The number of hydrogen-bond acceptors (Lipinski definition) is 5. The lowest BCUT2D eigenvalue weighted by Gasteiger charge is -2.21. The van der Waals surface area contributed by atoms with E-state index in [1.807, 2.05) is 31.2 Å². The van der Waals surface area contributed by atoms with Crippen LogP contribution in [0.15, 0.2) is 40.0 Å². The van der Waals surface area contributed by atoms with Gasteiger partial charge in [0.2, 0.25) is 5.88 Å². The van der Waals surface area contributed by atoms with Gasteiger partial charge in [-0.2, -0.15) is 0 Å². The third-order valence-corrected chi connectivity index (χ3v) is 3.68. The van der Waals surface area contributed by atoms with Crippen LogP contribution in [0.3, 0.4) is 0 Å². The molecule has 0 radical (unpaired) electrons. The Labute approximate surface area is 135 Å². The van der Waals surface area contributed by atoms with Gasteiger partial charge in [-0.05, 0) is 13.0 Å². The first-order valence-electron chi connectivity index (χ1n) is 7.70. The second kappa shape index (κ2) is 7.13. The second-order valence-electron chi connectivity index (χ2n) is 5.48. The highest BCUT2D eigenvalue weighted by Crippen LogP contribution is 2.16. The van der Waals surface area contributed by atoms with E-state index in [0.717, 1.165) is 36.9 Å². The van der Waals surface area contributed by atoms with Crippen LogP contribution in [-0.4, -0.2) is 47.2 Å². The third kappa shape index (κ3) is 4.00. The molecule has 2 aromatic heterocycles. The van der Waals surface area contributed by atoms with Gasteiger partial charge in [0.25, 0.3) is 0 Å². The Kier molecular flexibility index (Phi) is 4.75. The van der Waals surface area contributed by atoms with Crippen molar-refractivity contribution in [1.82, 2.24) is 20.4 Å². The highest BCUT2D eigenvalue weighted by molar-refractivity contribution is 5.80. The number of hydrogen-bond donors (Lipinski definition) is 1. The minimum atomic E-state index is 0.121. The van der Waals surface area contributed by atoms with E-state index in [0.29, 0.717) is 12.4 Å². The van der Waals surface area contributed by atoms with Gasteiger partial charge >= 0.3 is 0 Å². The number of nitrogens with zero attached hydrogens (tertiary/aromatic N) is 4. The summed E-state index contributed by atoms with van der Waals surface area (Å²) in [5, 5.41) is 7.18. The molecule has 0 aliphatic carbocycles. The topological polar surface area (TPSA) is 75.8 Å². The van der Waals surface area contributed by atoms with E-state index >= 15 is 0 Å². The molecule has 3 rings (SSSR count). The monoisotopic (exact) mass is 315 g/mol. The molecule has 3 heterocycles. The van der Waals surface area contributed by atoms with Crippen molar-refractivity contribution in [3.8, 4) is 5.88 Å². The molecule has 1 N–H and O–H groups in total. The molecule has 1 fully saturated rings. The van der Waals surface area contributed by atoms with E-state index in [4.69, 9.17) is 9.26 Å². The maximum Gasteiger partial charge on any atom is 0.213 e. The normalized spacial score (nSPS) is 18.3. The van der Waals surface area contributed by atoms with Crippen molar-refractivity contribution in [2.75, 3.05) is 20.1 Å².